The fraction of sp³-hybridized carbons (Fsp3) is 0.275. The molecule has 4 rings (SSSR count). The van der Waals surface area contributed by atoms with Crippen molar-refractivity contribution in [2.75, 3.05) is 18.0 Å². The molecule has 45 heavy (non-hydrogen) atoms. The average molecular weight is 607 g/mol. The summed E-state index contributed by atoms with van der Waals surface area (Å²) in [6.07, 6.45) is 10.3. The number of rotatable bonds is 10. The molecular weight excluding hydrogens is 562 g/mol. The van der Waals surface area contributed by atoms with E-state index in [2.05, 4.69) is 30.5 Å². The molecule has 0 spiro atoms. The van der Waals surface area contributed by atoms with Gasteiger partial charge >= 0.3 is 0 Å². The topological polar surface area (TPSA) is 23.6 Å². The minimum Gasteiger partial charge on any atom is -0.341 e. The molecule has 0 aromatic heterocycles. The Kier molecular flexibility index (Phi) is 11.5. The van der Waals surface area contributed by atoms with Crippen molar-refractivity contribution in [2.45, 2.75) is 54.0 Å². The summed E-state index contributed by atoms with van der Waals surface area (Å²) < 4.78 is 28.2. The van der Waals surface area contributed by atoms with Crippen LogP contribution >= 0.6 is 0 Å². The van der Waals surface area contributed by atoms with Crippen LogP contribution in [0.4, 0.5) is 14.5 Å². The molecule has 5 heteroatoms. The van der Waals surface area contributed by atoms with Gasteiger partial charge in [-0.3, -0.25) is 4.79 Å². The van der Waals surface area contributed by atoms with Crippen molar-refractivity contribution in [3.05, 3.63) is 154 Å². The lowest BCUT2D eigenvalue weighted by Gasteiger charge is -2.38. The number of halogens is 2. The molecule has 0 saturated carbocycles. The van der Waals surface area contributed by atoms with Crippen molar-refractivity contribution < 1.29 is 13.6 Å². The van der Waals surface area contributed by atoms with Crippen molar-refractivity contribution in [3.63, 3.8) is 0 Å². The van der Waals surface area contributed by atoms with E-state index >= 15 is 0 Å². The van der Waals surface area contributed by atoms with Crippen LogP contribution in [-0.4, -0.2) is 23.9 Å². The Morgan fingerprint density at radius 1 is 0.956 bits per heavy atom. The van der Waals surface area contributed by atoms with E-state index in [1.807, 2.05) is 80.3 Å². The number of piperidine rings is 1. The Bertz CT molecular complexity index is 1650. The highest BCUT2D eigenvalue weighted by atomic mass is 19.1. The molecule has 1 aliphatic heterocycles. The summed E-state index contributed by atoms with van der Waals surface area (Å²) in [6.45, 7) is 15.9. The summed E-state index contributed by atoms with van der Waals surface area (Å²) in [5, 5.41) is 0. The predicted molar refractivity (Wildman–Crippen MR) is 184 cm³/mol. The zero-order valence-electron chi connectivity index (χ0n) is 27.1. The summed E-state index contributed by atoms with van der Waals surface area (Å²) in [5.41, 5.74) is 8.31. The van der Waals surface area contributed by atoms with E-state index in [9.17, 15) is 13.6 Å². The predicted octanol–water partition coefficient (Wildman–Crippen LogP) is 10.3. The summed E-state index contributed by atoms with van der Waals surface area (Å²) in [4.78, 5) is 17.8. The van der Waals surface area contributed by atoms with Crippen molar-refractivity contribution in [1.82, 2.24) is 4.90 Å². The highest BCUT2D eigenvalue weighted by Gasteiger charge is 2.28. The molecule has 0 atom stereocenters. The van der Waals surface area contributed by atoms with Crippen LogP contribution in [0.3, 0.4) is 0 Å². The summed E-state index contributed by atoms with van der Waals surface area (Å²) in [5.74, 6) is -0.348. The van der Waals surface area contributed by atoms with Gasteiger partial charge in [0.1, 0.15) is 11.6 Å². The molecule has 1 amide bonds. The number of para-hydroxylation sites is 1. The lowest BCUT2D eigenvalue weighted by Crippen LogP contribution is -2.40. The Balaban J connectivity index is 1.49. The molecule has 1 saturated heterocycles. The molecule has 0 N–H and O–H groups in total. The van der Waals surface area contributed by atoms with E-state index in [1.165, 1.54) is 18.2 Å². The second-order valence-electron chi connectivity index (χ2n) is 11.6. The molecule has 0 unspecified atom stereocenters. The maximum absolute atomic E-state index is 14.2. The third kappa shape index (κ3) is 8.16. The molecule has 3 nitrogen and oxygen atoms in total. The lowest BCUT2D eigenvalue weighted by molar-refractivity contribution is 0.0701. The first-order valence-corrected chi connectivity index (χ1v) is 15.7. The van der Waals surface area contributed by atoms with Crippen molar-refractivity contribution in [2.24, 2.45) is 5.92 Å². The van der Waals surface area contributed by atoms with Crippen LogP contribution in [0.2, 0.25) is 0 Å². The fourth-order valence-corrected chi connectivity index (χ4v) is 6.05. The van der Waals surface area contributed by atoms with E-state index in [1.54, 1.807) is 19.1 Å². The van der Waals surface area contributed by atoms with Gasteiger partial charge in [0.15, 0.2) is 0 Å². The maximum Gasteiger partial charge on any atom is 0.253 e. The van der Waals surface area contributed by atoms with Crippen LogP contribution in [-0.2, 0) is 6.54 Å². The van der Waals surface area contributed by atoms with Gasteiger partial charge in [-0.2, -0.15) is 0 Å². The third-order valence-electron chi connectivity index (χ3n) is 8.51. The van der Waals surface area contributed by atoms with Gasteiger partial charge in [-0.15, -0.1) is 0 Å². The highest BCUT2D eigenvalue weighted by Crippen LogP contribution is 2.34. The van der Waals surface area contributed by atoms with Crippen molar-refractivity contribution in [3.8, 4) is 0 Å². The average Bonchev–Trinajstić information content (AvgIpc) is 3.04. The van der Waals surface area contributed by atoms with E-state index in [4.69, 9.17) is 0 Å². The molecule has 3 aromatic rings. The second kappa shape index (κ2) is 15.5. The number of nitrogens with zero attached hydrogens (tertiary/aromatic N) is 2. The van der Waals surface area contributed by atoms with Crippen LogP contribution in [0.5, 0.6) is 0 Å². The Hall–Kier alpha value is -4.51. The first-order chi connectivity index (χ1) is 21.7. The number of carbonyl (C=O) groups is 1. The van der Waals surface area contributed by atoms with Gasteiger partial charge < -0.3 is 9.80 Å². The quantitative estimate of drug-likeness (QED) is 0.214. The van der Waals surface area contributed by atoms with Gasteiger partial charge in [0.2, 0.25) is 0 Å². The minimum atomic E-state index is -0.297. The first kappa shape index (κ1) is 33.4. The smallest absolute Gasteiger partial charge is 0.253 e. The molecule has 0 radical (unpaired) electrons. The normalized spacial score (nSPS) is 15.1. The molecule has 1 heterocycles. The SMILES string of the molecule is C=C(C1CCN(C(=O)c2ccc(C(=C\C)/C(/C=C\C)=C/C(F)=C\C)c(C)c2)CC1)N(Cc1cccc(F)c1)c1ccccc1C. The van der Waals surface area contributed by atoms with Crippen LogP contribution in [0.25, 0.3) is 5.57 Å². The maximum atomic E-state index is 14.2. The zero-order chi connectivity index (χ0) is 32.5. The van der Waals surface area contributed by atoms with Crippen LogP contribution in [0.1, 0.15) is 66.2 Å². The lowest BCUT2D eigenvalue weighted by atomic mass is 9.90. The number of likely N-dealkylation sites (tertiary alicyclic amines) is 1. The van der Waals surface area contributed by atoms with Gasteiger partial charge in [0.25, 0.3) is 5.91 Å². The number of aryl methyl sites for hydroxylation is 2. The molecule has 234 valence electrons. The number of hydrogen-bond donors (Lipinski definition) is 0. The van der Waals surface area contributed by atoms with Crippen molar-refractivity contribution >= 4 is 17.2 Å². The van der Waals surface area contributed by atoms with Gasteiger partial charge in [0, 0.05) is 42.5 Å². The third-order valence-corrected chi connectivity index (χ3v) is 8.51. The number of carbonyl (C=O) groups excluding carboxylic acids is 1. The van der Waals surface area contributed by atoms with Gasteiger partial charge in [-0.1, -0.05) is 67.3 Å². The van der Waals surface area contributed by atoms with Crippen LogP contribution in [0, 0.1) is 25.6 Å². The molecule has 0 bridgehead atoms. The largest absolute Gasteiger partial charge is 0.341 e. The number of allylic oxidation sites excluding steroid dienone is 9. The second-order valence-corrected chi connectivity index (χ2v) is 11.6. The Morgan fingerprint density at radius 2 is 1.69 bits per heavy atom. The molecular formula is C40H44F2N2O. The zero-order valence-corrected chi connectivity index (χ0v) is 27.1. The Labute approximate surface area is 267 Å². The summed E-state index contributed by atoms with van der Waals surface area (Å²) in [7, 11) is 0. The number of hydrogen-bond acceptors (Lipinski definition) is 2. The monoisotopic (exact) mass is 606 g/mol. The molecule has 1 fully saturated rings. The van der Waals surface area contributed by atoms with E-state index < -0.39 is 0 Å². The minimum absolute atomic E-state index is 0.00967. The van der Waals surface area contributed by atoms with Gasteiger partial charge in [-0.25, -0.2) is 8.78 Å². The fourth-order valence-electron chi connectivity index (χ4n) is 6.05. The summed E-state index contributed by atoms with van der Waals surface area (Å²) in [6, 6.07) is 20.7. The Morgan fingerprint density at radius 3 is 2.31 bits per heavy atom. The van der Waals surface area contributed by atoms with Gasteiger partial charge in [-0.05, 0) is 117 Å². The number of benzene rings is 3. The van der Waals surface area contributed by atoms with E-state index in [-0.39, 0.29) is 23.5 Å². The van der Waals surface area contributed by atoms with Crippen LogP contribution < -0.4 is 4.90 Å². The van der Waals surface area contributed by atoms with Gasteiger partial charge in [0.05, 0.1) is 0 Å². The van der Waals surface area contributed by atoms with Crippen molar-refractivity contribution in [1.29, 1.82) is 0 Å². The highest BCUT2D eigenvalue weighted by molar-refractivity contribution is 5.95. The van der Waals surface area contributed by atoms with E-state index in [0.717, 1.165) is 57.6 Å². The first-order valence-electron chi connectivity index (χ1n) is 15.7. The molecule has 3 aromatic carbocycles. The number of amides is 1. The molecule has 1 aliphatic rings. The molecule has 0 aliphatic carbocycles. The van der Waals surface area contributed by atoms with E-state index in [0.29, 0.717) is 25.2 Å². The standard InChI is InChI=1S/C40H44F2N2O/c1-7-13-33(26-35(41)8-2)37(9-3)38-19-18-34(24-29(38)5)40(45)43-22-20-32(21-23-43)30(6)44(39-17-11-10-14-28(39)4)27-31-15-12-16-36(42)25-31/h7-19,24-26,32H,6,20-23,27H2,1-5H3/b13-7-,33-26+,35-8+,37-9-. The number of anilines is 1. The van der Waals surface area contributed by atoms with Crippen LogP contribution in [0.15, 0.2) is 121 Å². The summed E-state index contributed by atoms with van der Waals surface area (Å²) >= 11 is 0.